The summed E-state index contributed by atoms with van der Waals surface area (Å²) in [5.74, 6) is 0.672. The van der Waals surface area contributed by atoms with Gasteiger partial charge in [0, 0.05) is 18.8 Å². The highest BCUT2D eigenvalue weighted by molar-refractivity contribution is 8.03. The summed E-state index contributed by atoms with van der Waals surface area (Å²) >= 11 is 1.55. The van der Waals surface area contributed by atoms with Gasteiger partial charge in [-0.3, -0.25) is 4.79 Å². The number of rotatable bonds is 1. The van der Waals surface area contributed by atoms with Gasteiger partial charge < -0.3 is 11.1 Å². The van der Waals surface area contributed by atoms with Crippen molar-refractivity contribution < 1.29 is 4.79 Å². The van der Waals surface area contributed by atoms with Crippen LogP contribution in [0.3, 0.4) is 0 Å². The van der Waals surface area contributed by atoms with Crippen molar-refractivity contribution in [3.05, 3.63) is 5.25 Å². The molecule has 3 nitrogen and oxygen atoms in total. The molecule has 1 fully saturated rings. The summed E-state index contributed by atoms with van der Waals surface area (Å²) in [7, 11) is 0. The van der Waals surface area contributed by atoms with Gasteiger partial charge in [0.15, 0.2) is 0 Å². The third kappa shape index (κ3) is 1.87. The Balaban J connectivity index is 2.31. The lowest BCUT2D eigenvalue weighted by Gasteiger charge is -2.17. The number of hydrogen-bond acceptors (Lipinski definition) is 3. The molecule has 1 rings (SSSR count). The second-order valence-electron chi connectivity index (χ2n) is 1.81. The zero-order valence-corrected chi connectivity index (χ0v) is 5.83. The highest BCUT2D eigenvalue weighted by Crippen LogP contribution is 2.19. The molecule has 1 aliphatic heterocycles. The van der Waals surface area contributed by atoms with E-state index in [9.17, 15) is 4.79 Å². The van der Waals surface area contributed by atoms with Gasteiger partial charge in [-0.2, -0.15) is 0 Å². The van der Waals surface area contributed by atoms with Crippen molar-refractivity contribution in [3.63, 3.8) is 0 Å². The van der Waals surface area contributed by atoms with Crippen LogP contribution in [0.4, 0.5) is 0 Å². The third-order valence-corrected chi connectivity index (χ3v) is 2.22. The molecule has 0 bridgehead atoms. The molecular formula is C5H9N2OS. The maximum Gasteiger partial charge on any atom is 0.237 e. The largest absolute Gasteiger partial charge is 0.368 e. The molecule has 0 aromatic carbocycles. The molecule has 9 heavy (non-hydrogen) atoms. The summed E-state index contributed by atoms with van der Waals surface area (Å²) in [5.41, 5.74) is 5.03. The number of thioether (sulfide) groups is 1. The Morgan fingerprint density at radius 1 is 1.78 bits per heavy atom. The van der Waals surface area contributed by atoms with Gasteiger partial charge in [-0.25, -0.2) is 0 Å². The molecule has 51 valence electrons. The fraction of sp³-hybridized carbons (Fsp3) is 0.600. The third-order valence-electron chi connectivity index (χ3n) is 1.12. The smallest absolute Gasteiger partial charge is 0.237 e. The summed E-state index contributed by atoms with van der Waals surface area (Å²) in [4.78, 5) is 10.5. The zero-order chi connectivity index (χ0) is 6.69. The molecule has 0 aromatic rings. The normalized spacial score (nSPS) is 21.8. The van der Waals surface area contributed by atoms with E-state index in [0.717, 1.165) is 17.5 Å². The van der Waals surface area contributed by atoms with Gasteiger partial charge in [0.1, 0.15) is 5.25 Å². The first kappa shape index (κ1) is 6.89. The fourth-order valence-electron chi connectivity index (χ4n) is 0.658. The first-order valence-corrected chi connectivity index (χ1v) is 3.78. The summed E-state index contributed by atoms with van der Waals surface area (Å²) in [6.07, 6.45) is 0. The topological polar surface area (TPSA) is 55.1 Å². The predicted octanol–water partition coefficient (Wildman–Crippen LogP) is -0.660. The Morgan fingerprint density at radius 2 is 2.56 bits per heavy atom. The van der Waals surface area contributed by atoms with Crippen molar-refractivity contribution in [2.45, 2.75) is 0 Å². The van der Waals surface area contributed by atoms with Crippen LogP contribution < -0.4 is 11.1 Å². The number of hydrogen-bond donors (Lipinski definition) is 2. The van der Waals surface area contributed by atoms with Gasteiger partial charge >= 0.3 is 0 Å². The maximum atomic E-state index is 10.5. The summed E-state index contributed by atoms with van der Waals surface area (Å²) in [5, 5.41) is 3.81. The Labute approximate surface area is 58.4 Å². The van der Waals surface area contributed by atoms with Crippen LogP contribution in [0.5, 0.6) is 0 Å². The molecule has 1 radical (unpaired) electrons. The summed E-state index contributed by atoms with van der Waals surface area (Å²) in [6.45, 7) is 1.63. The highest BCUT2D eigenvalue weighted by atomic mass is 32.2. The molecule has 1 heterocycles. The van der Waals surface area contributed by atoms with Crippen LogP contribution in [0.2, 0.25) is 0 Å². The average Bonchev–Trinajstić information content (AvgIpc) is 1.90. The molecule has 1 aliphatic rings. The van der Waals surface area contributed by atoms with Crippen molar-refractivity contribution in [2.24, 2.45) is 5.73 Å². The van der Waals surface area contributed by atoms with Gasteiger partial charge in [0.25, 0.3) is 0 Å². The van der Waals surface area contributed by atoms with E-state index >= 15 is 0 Å². The first-order valence-electron chi connectivity index (χ1n) is 2.80. The molecule has 1 saturated heterocycles. The van der Waals surface area contributed by atoms with E-state index in [1.165, 1.54) is 0 Å². The molecule has 0 saturated carbocycles. The molecule has 4 heteroatoms. The second-order valence-corrected chi connectivity index (χ2v) is 3.00. The molecule has 1 amide bonds. The van der Waals surface area contributed by atoms with Gasteiger partial charge in [-0.05, 0) is 0 Å². The Hall–Kier alpha value is -0.220. The number of carbonyl (C=O) groups excluding carboxylic acids is 1. The van der Waals surface area contributed by atoms with E-state index in [2.05, 4.69) is 5.32 Å². The average molecular weight is 145 g/mol. The Kier molecular flexibility index (Phi) is 2.36. The van der Waals surface area contributed by atoms with Crippen molar-refractivity contribution in [3.8, 4) is 0 Å². The van der Waals surface area contributed by atoms with Crippen LogP contribution in [0.15, 0.2) is 0 Å². The quantitative estimate of drug-likeness (QED) is 0.515. The van der Waals surface area contributed by atoms with Crippen molar-refractivity contribution in [2.75, 3.05) is 18.8 Å². The standard InChI is InChI=1S/C5H9N2OS/c6-5(8)4-3-7-1-2-9-4/h7H,1-3H2,(H2,6,8). The van der Waals surface area contributed by atoms with Gasteiger partial charge in [0.05, 0.1) is 0 Å². The lowest BCUT2D eigenvalue weighted by Crippen LogP contribution is -2.35. The molecule has 0 atom stereocenters. The fourth-order valence-corrected chi connectivity index (χ4v) is 1.50. The van der Waals surface area contributed by atoms with Crippen molar-refractivity contribution >= 4 is 17.7 Å². The van der Waals surface area contributed by atoms with E-state index in [0.29, 0.717) is 6.54 Å². The molecule has 0 aromatic heterocycles. The van der Waals surface area contributed by atoms with Gasteiger partial charge in [-0.1, -0.05) is 0 Å². The first-order chi connectivity index (χ1) is 4.30. The van der Waals surface area contributed by atoms with Crippen LogP contribution in [0, 0.1) is 5.25 Å². The molecule has 0 unspecified atom stereocenters. The Bertz CT molecular complexity index is 112. The van der Waals surface area contributed by atoms with Crippen LogP contribution in [-0.2, 0) is 4.79 Å². The number of carbonyl (C=O) groups is 1. The Morgan fingerprint density at radius 3 is 2.89 bits per heavy atom. The lowest BCUT2D eigenvalue weighted by molar-refractivity contribution is -0.115. The van der Waals surface area contributed by atoms with Gasteiger partial charge in [-0.15, -0.1) is 11.8 Å². The molecule has 0 aliphatic carbocycles. The number of primary amides is 1. The number of nitrogens with two attached hydrogens (primary N) is 1. The SMILES string of the molecule is NC(=O)[C]1CNCCS1. The lowest BCUT2D eigenvalue weighted by atomic mass is 10.4. The highest BCUT2D eigenvalue weighted by Gasteiger charge is 2.19. The number of amides is 1. The second kappa shape index (κ2) is 3.08. The van der Waals surface area contributed by atoms with Crippen LogP contribution >= 0.6 is 11.8 Å². The van der Waals surface area contributed by atoms with E-state index in [1.54, 1.807) is 11.8 Å². The van der Waals surface area contributed by atoms with E-state index in [4.69, 9.17) is 5.73 Å². The minimum absolute atomic E-state index is 0.285. The van der Waals surface area contributed by atoms with Crippen molar-refractivity contribution in [1.29, 1.82) is 0 Å². The van der Waals surface area contributed by atoms with Crippen LogP contribution in [0.25, 0.3) is 0 Å². The summed E-state index contributed by atoms with van der Waals surface area (Å²) < 4.78 is 0. The van der Waals surface area contributed by atoms with Crippen LogP contribution in [-0.4, -0.2) is 24.7 Å². The monoisotopic (exact) mass is 145 g/mol. The van der Waals surface area contributed by atoms with Crippen molar-refractivity contribution in [1.82, 2.24) is 5.32 Å². The number of nitrogens with one attached hydrogen (secondary N) is 1. The maximum absolute atomic E-state index is 10.5. The molecule has 0 spiro atoms. The summed E-state index contributed by atoms with van der Waals surface area (Å²) in [6, 6.07) is 0. The van der Waals surface area contributed by atoms with Gasteiger partial charge in [0.2, 0.25) is 5.91 Å². The van der Waals surface area contributed by atoms with E-state index in [1.807, 2.05) is 0 Å². The minimum Gasteiger partial charge on any atom is -0.368 e. The minimum atomic E-state index is -0.285. The van der Waals surface area contributed by atoms with E-state index in [-0.39, 0.29) is 5.91 Å². The predicted molar refractivity (Wildman–Crippen MR) is 37.8 cm³/mol. The van der Waals surface area contributed by atoms with Crippen LogP contribution in [0.1, 0.15) is 0 Å². The zero-order valence-electron chi connectivity index (χ0n) is 5.02. The molecular weight excluding hydrogens is 136 g/mol. The molecule has 3 N–H and O–H groups in total. The van der Waals surface area contributed by atoms with E-state index < -0.39 is 0 Å².